The molecule has 3 aliphatic rings. The summed E-state index contributed by atoms with van der Waals surface area (Å²) in [6.07, 6.45) is 10.7. The number of carbonyl (C=O) groups is 4. The molecule has 566 valence electrons. The number of phosphoric ester groups is 1. The monoisotopic (exact) mass is 1410 g/mol. The molecule has 3 fully saturated rings. The molecule has 3 aliphatic heterocycles. The van der Waals surface area contributed by atoms with Crippen LogP contribution in [0.2, 0.25) is 0 Å². The standard InChI is InChI=1S/C69H125N2O25P/c1-6-9-12-15-17-19-20-21-22-23-24-25-27-29-32-40-56(76)92-51(47-88-66(84)50(36-30-14-11-8-3)37-31-28-26-18-16-13-10-7-2)48-90-97(85,86-5)89-44-42-71-55(75)39-34-33-38-54(74)70-41-35-43-87-69-65(96-67-62(82)60(80)57(77)49(4)91-67)64(59(79)53(46-73)94-69)95-68-63(83)61(81)58(78)52(45-72)93-68/h21-22,31,37,49-53,57-65,67-69,72-73,77-83H,6-20,23-30,32-36,38-48H2,1-5H3,(H,70,74)(H,71,75)/b22-21+,37-31-/t49?,50?,51-,52?,53?,57+,58+,59+,60-,61+,62?,63?,64+,65?,67+,68+,69-,97?/m1/s1. The predicted molar refractivity (Wildman–Crippen MR) is 359 cm³/mol. The number of aliphatic hydroxyl groups is 9. The summed E-state index contributed by atoms with van der Waals surface area (Å²) in [4.78, 5) is 52.5. The van der Waals surface area contributed by atoms with Crippen LogP contribution in [0, 0.1) is 5.92 Å². The Labute approximate surface area is 576 Å². The fourth-order valence-corrected chi connectivity index (χ4v) is 12.3. The molecule has 0 aromatic heterocycles. The highest BCUT2D eigenvalue weighted by atomic mass is 31.2. The van der Waals surface area contributed by atoms with E-state index in [9.17, 15) is 69.7 Å². The van der Waals surface area contributed by atoms with E-state index in [4.69, 9.17) is 51.5 Å². The van der Waals surface area contributed by atoms with Crippen molar-refractivity contribution >= 4 is 31.6 Å². The highest BCUT2D eigenvalue weighted by molar-refractivity contribution is 7.48. The summed E-state index contributed by atoms with van der Waals surface area (Å²) in [5, 5.41) is 99.8. The van der Waals surface area contributed by atoms with Crippen molar-refractivity contribution < 1.29 is 121 Å². The molecule has 3 saturated heterocycles. The van der Waals surface area contributed by atoms with Crippen LogP contribution >= 0.6 is 7.82 Å². The van der Waals surface area contributed by atoms with E-state index in [2.05, 4.69) is 49.6 Å². The van der Waals surface area contributed by atoms with Crippen LogP contribution in [-0.2, 0) is 75.2 Å². The van der Waals surface area contributed by atoms with Gasteiger partial charge in [0.05, 0.1) is 45.1 Å². The normalized spacial score (nSPS) is 27.4. The number of hydrogen-bond donors (Lipinski definition) is 11. The van der Waals surface area contributed by atoms with Crippen molar-refractivity contribution in [3.63, 3.8) is 0 Å². The minimum absolute atomic E-state index is 0.0491. The predicted octanol–water partition coefficient (Wildman–Crippen LogP) is 6.84. The number of esters is 2. The number of aliphatic hydroxyl groups excluding tert-OH is 9. The molecule has 2 amide bonds. The lowest BCUT2D eigenvalue weighted by molar-refractivity contribution is -0.390. The molecule has 0 aliphatic carbocycles. The first-order valence-corrected chi connectivity index (χ1v) is 37.8. The number of nitrogens with one attached hydrogen (secondary N) is 2. The lowest BCUT2D eigenvalue weighted by atomic mass is 9.96. The maximum absolute atomic E-state index is 13.7. The van der Waals surface area contributed by atoms with Crippen molar-refractivity contribution in [1.29, 1.82) is 0 Å². The van der Waals surface area contributed by atoms with Gasteiger partial charge in [-0.15, -0.1) is 0 Å². The minimum Gasteiger partial charge on any atom is -0.461 e. The smallest absolute Gasteiger partial charge is 0.461 e. The van der Waals surface area contributed by atoms with E-state index in [1.807, 2.05) is 6.08 Å². The zero-order chi connectivity index (χ0) is 71.2. The highest BCUT2D eigenvalue weighted by Gasteiger charge is 2.54. The summed E-state index contributed by atoms with van der Waals surface area (Å²) in [7, 11) is -3.14. The number of rotatable bonds is 56. The fraction of sp³-hybridized carbons (Fsp3) is 0.884. The second-order valence-corrected chi connectivity index (χ2v) is 27.5. The third-order valence-electron chi connectivity index (χ3n) is 17.5. The quantitative estimate of drug-likeness (QED) is 0.0128. The van der Waals surface area contributed by atoms with Gasteiger partial charge in [-0.3, -0.25) is 32.7 Å². The third kappa shape index (κ3) is 35.6. The van der Waals surface area contributed by atoms with Crippen LogP contribution in [0.15, 0.2) is 24.3 Å². The summed E-state index contributed by atoms with van der Waals surface area (Å²) in [5.41, 5.74) is 0. The second-order valence-electron chi connectivity index (χ2n) is 25.7. The van der Waals surface area contributed by atoms with E-state index < -0.39 is 144 Å². The molecular formula is C69H125N2O25P. The van der Waals surface area contributed by atoms with Crippen LogP contribution in [0.3, 0.4) is 0 Å². The lowest BCUT2D eigenvalue weighted by Gasteiger charge is -2.48. The van der Waals surface area contributed by atoms with Crippen molar-refractivity contribution in [2.75, 3.05) is 59.8 Å². The molecule has 11 N–H and O–H groups in total. The molecule has 8 unspecified atom stereocenters. The number of hydrogen-bond acceptors (Lipinski definition) is 25. The van der Waals surface area contributed by atoms with E-state index in [1.165, 1.54) is 71.1 Å². The van der Waals surface area contributed by atoms with Gasteiger partial charge in [0, 0.05) is 39.5 Å². The molecule has 0 saturated carbocycles. The Morgan fingerprint density at radius 3 is 1.59 bits per heavy atom. The molecule has 27 nitrogen and oxygen atoms in total. The van der Waals surface area contributed by atoms with E-state index in [1.54, 1.807) is 0 Å². The summed E-state index contributed by atoms with van der Waals surface area (Å²) in [6.45, 7) is 5.11. The summed E-state index contributed by atoms with van der Waals surface area (Å²) in [6, 6.07) is 0. The van der Waals surface area contributed by atoms with Gasteiger partial charge < -0.3 is 94.5 Å². The van der Waals surface area contributed by atoms with Gasteiger partial charge >= 0.3 is 19.8 Å². The Balaban J connectivity index is 1.48. The SMILES string of the molecule is CCCCCCCC/C=C\C(CCCCCC)C(=O)OC[C@H](COP(=O)(OC)OCCNC(=O)CCCCC(=O)NCCCO[C@@H]1OC(CO)[C@H](O)[C@H](O[C@@H]2OC(CO)[C@H](O)[C@H](O)C2O)C1O[C@@H]1OC(C)[C@H](O)[C@@H](O)C1O)OC(=O)CCCCCCC/C=C/CCCCCCCC. The average molecular weight is 1410 g/mol. The van der Waals surface area contributed by atoms with E-state index in [0.717, 1.165) is 90.6 Å². The molecular weight excluding hydrogens is 1290 g/mol. The number of allylic oxidation sites excluding steroid dienone is 3. The topological polar surface area (TPSA) is 393 Å². The number of ether oxygens (including phenoxy) is 8. The number of phosphoric acid groups is 1. The van der Waals surface area contributed by atoms with Crippen LogP contribution in [0.4, 0.5) is 0 Å². The molecule has 0 aromatic carbocycles. The Hall–Kier alpha value is -3.13. The van der Waals surface area contributed by atoms with E-state index in [-0.39, 0.29) is 70.4 Å². The van der Waals surface area contributed by atoms with Crippen molar-refractivity contribution in [3.05, 3.63) is 24.3 Å². The highest BCUT2D eigenvalue weighted by Crippen LogP contribution is 2.48. The summed E-state index contributed by atoms with van der Waals surface area (Å²) in [5.74, 6) is -2.15. The molecule has 0 spiro atoms. The van der Waals surface area contributed by atoms with Crippen LogP contribution in [0.1, 0.15) is 227 Å². The maximum atomic E-state index is 13.7. The second kappa shape index (κ2) is 52.8. The first-order valence-electron chi connectivity index (χ1n) is 36.3. The van der Waals surface area contributed by atoms with Gasteiger partial charge in [0.1, 0.15) is 73.8 Å². The molecule has 0 aromatic rings. The minimum atomic E-state index is -4.27. The van der Waals surface area contributed by atoms with Gasteiger partial charge in [-0.2, -0.15) is 0 Å². The van der Waals surface area contributed by atoms with Gasteiger partial charge in [-0.25, -0.2) is 4.57 Å². The fourth-order valence-electron chi connectivity index (χ4n) is 11.4. The summed E-state index contributed by atoms with van der Waals surface area (Å²) >= 11 is 0. The van der Waals surface area contributed by atoms with Gasteiger partial charge in [0.25, 0.3) is 0 Å². The van der Waals surface area contributed by atoms with E-state index in [0.29, 0.717) is 25.7 Å². The molecule has 0 radical (unpaired) electrons. The Morgan fingerprint density at radius 1 is 0.505 bits per heavy atom. The Morgan fingerprint density at radius 2 is 1.00 bits per heavy atom. The lowest BCUT2D eigenvalue weighted by Crippen LogP contribution is -2.67. The number of carbonyl (C=O) groups excluding carboxylic acids is 4. The van der Waals surface area contributed by atoms with Crippen LogP contribution in [-0.4, -0.2) is 228 Å². The van der Waals surface area contributed by atoms with Gasteiger partial charge in [0.2, 0.25) is 11.8 Å². The van der Waals surface area contributed by atoms with Gasteiger partial charge in [0.15, 0.2) is 25.0 Å². The average Bonchev–Trinajstić information content (AvgIpc) is 0.780. The molecule has 97 heavy (non-hydrogen) atoms. The Bertz CT molecular complexity index is 2190. The molecule has 0 bridgehead atoms. The number of amides is 2. The largest absolute Gasteiger partial charge is 0.474 e. The van der Waals surface area contributed by atoms with Gasteiger partial charge in [-0.05, 0) is 77.6 Å². The summed E-state index contributed by atoms with van der Waals surface area (Å²) < 4.78 is 76.4. The van der Waals surface area contributed by atoms with Crippen molar-refractivity contribution in [3.8, 4) is 0 Å². The molecule has 3 rings (SSSR count). The van der Waals surface area contributed by atoms with Crippen molar-refractivity contribution in [2.45, 2.75) is 325 Å². The Kier molecular flexibility index (Phi) is 47.9. The van der Waals surface area contributed by atoms with Crippen LogP contribution in [0.25, 0.3) is 0 Å². The van der Waals surface area contributed by atoms with Crippen LogP contribution < -0.4 is 10.6 Å². The van der Waals surface area contributed by atoms with E-state index >= 15 is 0 Å². The number of unbranched alkanes of at least 4 members (excludes halogenated alkanes) is 21. The third-order valence-corrected chi connectivity index (χ3v) is 18.9. The molecule has 18 atom stereocenters. The zero-order valence-corrected chi connectivity index (χ0v) is 59.6. The first kappa shape index (κ1) is 88.1. The zero-order valence-electron chi connectivity index (χ0n) is 58.7. The molecule has 3 heterocycles. The van der Waals surface area contributed by atoms with Crippen LogP contribution in [0.5, 0.6) is 0 Å². The van der Waals surface area contributed by atoms with Crippen molar-refractivity contribution in [1.82, 2.24) is 10.6 Å². The van der Waals surface area contributed by atoms with Gasteiger partial charge in [-0.1, -0.05) is 154 Å². The first-order chi connectivity index (χ1) is 46.8. The maximum Gasteiger partial charge on any atom is 0.474 e. The molecule has 28 heteroatoms. The van der Waals surface area contributed by atoms with Crippen molar-refractivity contribution in [2.24, 2.45) is 5.92 Å².